The van der Waals surface area contributed by atoms with E-state index in [1.807, 2.05) is 0 Å². The van der Waals surface area contributed by atoms with Crippen LogP contribution in [-0.2, 0) is 9.47 Å². The fourth-order valence-electron chi connectivity index (χ4n) is 3.86. The first-order valence-corrected chi connectivity index (χ1v) is 8.92. The van der Waals surface area contributed by atoms with Gasteiger partial charge in [0, 0.05) is 31.8 Å². The number of nitrogens with one attached hydrogen (secondary N) is 1. The molecule has 6 nitrogen and oxygen atoms in total. The van der Waals surface area contributed by atoms with E-state index in [1.54, 1.807) is 32.4 Å². The molecule has 2 fully saturated rings. The molecule has 1 aromatic rings. The maximum Gasteiger partial charge on any atom is 0.255 e. The van der Waals surface area contributed by atoms with Crippen LogP contribution in [0, 0.1) is 11.8 Å². The zero-order chi connectivity index (χ0) is 17.6. The highest BCUT2D eigenvalue weighted by atomic mass is 16.5. The van der Waals surface area contributed by atoms with Gasteiger partial charge in [0.15, 0.2) is 11.5 Å². The fraction of sp³-hybridized carbons (Fsp3) is 0.632. The summed E-state index contributed by atoms with van der Waals surface area (Å²) in [7, 11) is 3.12. The first-order chi connectivity index (χ1) is 12.2. The minimum atomic E-state index is -0.125. The van der Waals surface area contributed by atoms with Crippen LogP contribution in [0.1, 0.15) is 29.6 Å². The molecule has 0 unspecified atom stereocenters. The standard InChI is InChI=1S/C19H27NO5/c1-22-17-5-3-4-14(18(17)23-2)19(21)20-16-8-11-25-12-15(16)13-6-9-24-10-7-13/h3-5,13,15-16H,6-12H2,1-2H3,(H,20,21)/t15-,16-/m1/s1. The van der Waals surface area contributed by atoms with E-state index in [-0.39, 0.29) is 11.9 Å². The van der Waals surface area contributed by atoms with Crippen LogP contribution in [0.4, 0.5) is 0 Å². The highest BCUT2D eigenvalue weighted by molar-refractivity contribution is 5.98. The van der Waals surface area contributed by atoms with Crippen LogP contribution in [0.5, 0.6) is 11.5 Å². The number of benzene rings is 1. The number of para-hydroxylation sites is 1. The molecule has 1 amide bonds. The molecule has 2 aliphatic rings. The second-order valence-corrected chi connectivity index (χ2v) is 6.60. The van der Waals surface area contributed by atoms with Crippen molar-refractivity contribution in [3.8, 4) is 11.5 Å². The first kappa shape index (κ1) is 18.0. The number of hydrogen-bond donors (Lipinski definition) is 1. The third-order valence-corrected chi connectivity index (χ3v) is 5.24. The van der Waals surface area contributed by atoms with E-state index in [0.717, 1.165) is 32.5 Å². The van der Waals surface area contributed by atoms with E-state index in [2.05, 4.69) is 5.32 Å². The Kier molecular flexibility index (Phi) is 6.15. The molecule has 1 aromatic carbocycles. The van der Waals surface area contributed by atoms with Gasteiger partial charge in [-0.05, 0) is 37.3 Å². The SMILES string of the molecule is COc1cccc(C(=O)N[C@@H]2CCOC[C@@H]2C2CCOCC2)c1OC. The summed E-state index contributed by atoms with van der Waals surface area (Å²) < 4.78 is 21.9. The minimum absolute atomic E-state index is 0.111. The van der Waals surface area contributed by atoms with Gasteiger partial charge < -0.3 is 24.3 Å². The van der Waals surface area contributed by atoms with Crippen LogP contribution in [0.3, 0.4) is 0 Å². The molecule has 0 radical (unpaired) electrons. The number of hydrogen-bond acceptors (Lipinski definition) is 5. The van der Waals surface area contributed by atoms with Gasteiger partial charge in [-0.1, -0.05) is 6.07 Å². The van der Waals surface area contributed by atoms with Crippen molar-refractivity contribution in [3.63, 3.8) is 0 Å². The van der Waals surface area contributed by atoms with E-state index in [1.165, 1.54) is 0 Å². The predicted molar refractivity (Wildman–Crippen MR) is 93.3 cm³/mol. The summed E-state index contributed by atoms with van der Waals surface area (Å²) in [5.74, 6) is 1.77. The minimum Gasteiger partial charge on any atom is -0.493 e. The molecule has 25 heavy (non-hydrogen) atoms. The molecule has 2 atom stereocenters. The second-order valence-electron chi connectivity index (χ2n) is 6.60. The Bertz CT molecular complexity index is 585. The van der Waals surface area contributed by atoms with Crippen LogP contribution in [0.25, 0.3) is 0 Å². The zero-order valence-electron chi connectivity index (χ0n) is 15.0. The van der Waals surface area contributed by atoms with Gasteiger partial charge in [-0.2, -0.15) is 0 Å². The molecule has 2 saturated heterocycles. The van der Waals surface area contributed by atoms with Crippen LogP contribution in [0.2, 0.25) is 0 Å². The summed E-state index contributed by atoms with van der Waals surface area (Å²) in [5, 5.41) is 3.21. The second kappa shape index (κ2) is 8.54. The lowest BCUT2D eigenvalue weighted by atomic mass is 9.79. The molecule has 2 heterocycles. The highest BCUT2D eigenvalue weighted by Crippen LogP contribution is 2.33. The van der Waals surface area contributed by atoms with Crippen LogP contribution >= 0.6 is 0 Å². The Morgan fingerprint density at radius 2 is 1.84 bits per heavy atom. The van der Waals surface area contributed by atoms with Crippen molar-refractivity contribution in [2.75, 3.05) is 40.6 Å². The first-order valence-electron chi connectivity index (χ1n) is 8.92. The Hall–Kier alpha value is -1.79. The van der Waals surface area contributed by atoms with E-state index in [9.17, 15) is 4.79 Å². The van der Waals surface area contributed by atoms with Gasteiger partial charge in [0.2, 0.25) is 0 Å². The van der Waals surface area contributed by atoms with Crippen molar-refractivity contribution >= 4 is 5.91 Å². The molecular formula is C19H27NO5. The molecule has 0 aromatic heterocycles. The summed E-state index contributed by atoms with van der Waals surface area (Å²) in [5.41, 5.74) is 0.499. The normalized spacial score (nSPS) is 24.6. The molecule has 0 saturated carbocycles. The zero-order valence-corrected chi connectivity index (χ0v) is 15.0. The average molecular weight is 349 g/mol. The smallest absolute Gasteiger partial charge is 0.255 e. The monoisotopic (exact) mass is 349 g/mol. The summed E-state index contributed by atoms with van der Waals surface area (Å²) in [6, 6.07) is 5.46. The summed E-state index contributed by atoms with van der Waals surface area (Å²) in [4.78, 5) is 12.9. The van der Waals surface area contributed by atoms with Gasteiger partial charge in [-0.3, -0.25) is 4.79 Å². The molecule has 6 heteroatoms. The topological polar surface area (TPSA) is 66.0 Å². The maximum atomic E-state index is 12.9. The van der Waals surface area contributed by atoms with E-state index < -0.39 is 0 Å². The number of carbonyl (C=O) groups excluding carboxylic acids is 1. The van der Waals surface area contributed by atoms with Crippen molar-refractivity contribution in [1.82, 2.24) is 5.32 Å². The lowest BCUT2D eigenvalue weighted by Crippen LogP contribution is -2.49. The van der Waals surface area contributed by atoms with Crippen molar-refractivity contribution in [2.24, 2.45) is 11.8 Å². The van der Waals surface area contributed by atoms with Crippen LogP contribution in [-0.4, -0.2) is 52.6 Å². The molecule has 3 rings (SSSR count). The number of carbonyl (C=O) groups is 1. The lowest BCUT2D eigenvalue weighted by molar-refractivity contribution is -0.0259. The number of ether oxygens (including phenoxy) is 4. The third kappa shape index (κ3) is 4.07. The summed E-state index contributed by atoms with van der Waals surface area (Å²) in [6.45, 7) is 2.97. The quantitative estimate of drug-likeness (QED) is 0.883. The van der Waals surface area contributed by atoms with Gasteiger partial charge in [-0.25, -0.2) is 0 Å². The Morgan fingerprint density at radius 1 is 1.08 bits per heavy atom. The van der Waals surface area contributed by atoms with Crippen molar-refractivity contribution in [2.45, 2.75) is 25.3 Å². The Balaban J connectivity index is 1.74. The summed E-state index contributed by atoms with van der Waals surface area (Å²) >= 11 is 0. The largest absolute Gasteiger partial charge is 0.493 e. The number of rotatable bonds is 5. The van der Waals surface area contributed by atoms with Crippen LogP contribution < -0.4 is 14.8 Å². The van der Waals surface area contributed by atoms with E-state index in [0.29, 0.717) is 42.1 Å². The molecule has 0 spiro atoms. The van der Waals surface area contributed by atoms with Crippen molar-refractivity contribution in [1.29, 1.82) is 0 Å². The Labute approximate surface area is 148 Å². The van der Waals surface area contributed by atoms with E-state index >= 15 is 0 Å². The molecule has 0 aliphatic carbocycles. The number of amides is 1. The molecular weight excluding hydrogens is 322 g/mol. The molecule has 138 valence electrons. The fourth-order valence-corrected chi connectivity index (χ4v) is 3.86. The summed E-state index contributed by atoms with van der Waals surface area (Å²) in [6.07, 6.45) is 2.89. The van der Waals surface area contributed by atoms with Crippen LogP contribution in [0.15, 0.2) is 18.2 Å². The lowest BCUT2D eigenvalue weighted by Gasteiger charge is -2.39. The van der Waals surface area contributed by atoms with Gasteiger partial charge in [0.1, 0.15) is 0 Å². The molecule has 2 aliphatic heterocycles. The number of methoxy groups -OCH3 is 2. The molecule has 1 N–H and O–H groups in total. The average Bonchev–Trinajstić information content (AvgIpc) is 2.68. The third-order valence-electron chi connectivity index (χ3n) is 5.24. The van der Waals surface area contributed by atoms with Crippen molar-refractivity contribution < 1.29 is 23.7 Å². The van der Waals surface area contributed by atoms with Crippen molar-refractivity contribution in [3.05, 3.63) is 23.8 Å². The van der Waals surface area contributed by atoms with Gasteiger partial charge in [0.05, 0.1) is 26.4 Å². The van der Waals surface area contributed by atoms with E-state index in [4.69, 9.17) is 18.9 Å². The Morgan fingerprint density at radius 3 is 2.56 bits per heavy atom. The maximum absolute atomic E-state index is 12.9. The highest BCUT2D eigenvalue weighted by Gasteiger charge is 2.35. The molecule has 0 bridgehead atoms. The predicted octanol–water partition coefficient (Wildman–Crippen LogP) is 2.27. The van der Waals surface area contributed by atoms with Gasteiger partial charge in [-0.15, -0.1) is 0 Å². The van der Waals surface area contributed by atoms with Gasteiger partial charge in [0.25, 0.3) is 5.91 Å². The van der Waals surface area contributed by atoms with Gasteiger partial charge >= 0.3 is 0 Å².